The van der Waals surface area contributed by atoms with Crippen molar-refractivity contribution >= 4 is 10.1 Å². The van der Waals surface area contributed by atoms with Crippen molar-refractivity contribution in [1.29, 1.82) is 0 Å². The van der Waals surface area contributed by atoms with Gasteiger partial charge in [0, 0.05) is 0 Å². The van der Waals surface area contributed by atoms with Crippen LogP contribution in [0.25, 0.3) is 0 Å². The van der Waals surface area contributed by atoms with Gasteiger partial charge in [-0.2, -0.15) is 8.42 Å². The Labute approximate surface area is 79.0 Å². The van der Waals surface area contributed by atoms with Gasteiger partial charge in [-0.05, 0) is 19.5 Å². The summed E-state index contributed by atoms with van der Waals surface area (Å²) in [4.78, 5) is 0. The van der Waals surface area contributed by atoms with Crippen LogP contribution in [0.3, 0.4) is 0 Å². The minimum absolute atomic E-state index is 0.590. The molecule has 0 aromatic heterocycles. The van der Waals surface area contributed by atoms with Crippen molar-refractivity contribution in [3.8, 4) is 0 Å². The van der Waals surface area contributed by atoms with E-state index in [9.17, 15) is 8.42 Å². The number of nitrogens with two attached hydrogens (primary N) is 1. The van der Waals surface area contributed by atoms with E-state index in [-0.39, 0.29) is 0 Å². The van der Waals surface area contributed by atoms with Crippen LogP contribution in [-0.4, -0.2) is 29.9 Å². The van der Waals surface area contributed by atoms with Crippen LogP contribution in [-0.2, 0) is 10.1 Å². The van der Waals surface area contributed by atoms with Gasteiger partial charge in [-0.25, -0.2) is 0 Å². The fraction of sp³-hybridized carbons (Fsp3) is 0.714. The Bertz CT molecular complexity index is 221. The van der Waals surface area contributed by atoms with Gasteiger partial charge < -0.3 is 10.8 Å². The summed E-state index contributed by atoms with van der Waals surface area (Å²) in [7, 11) is -3.97. The number of hydrogen-bond acceptors (Lipinski definition) is 4. The van der Waals surface area contributed by atoms with Crippen LogP contribution in [0.15, 0.2) is 12.3 Å². The Hall–Kier alpha value is -0.590. The molecule has 0 saturated carbocycles. The summed E-state index contributed by atoms with van der Waals surface area (Å²) in [5.74, 6) is -0.590. The summed E-state index contributed by atoms with van der Waals surface area (Å²) >= 11 is 0. The molecule has 0 aliphatic heterocycles. The van der Waals surface area contributed by atoms with Crippen LogP contribution in [0.5, 0.6) is 0 Å². The Balaban J connectivity index is 0. The summed E-state index contributed by atoms with van der Waals surface area (Å²) in [6.45, 7) is 3.33. The van der Waals surface area contributed by atoms with Crippen molar-refractivity contribution in [2.24, 2.45) is 5.73 Å². The molecule has 0 aromatic carbocycles. The maximum absolute atomic E-state index is 9.84. The Kier molecular flexibility index (Phi) is 9.21. The molecule has 0 spiro atoms. The molecule has 6 heteroatoms. The number of rotatable bonds is 3. The van der Waals surface area contributed by atoms with E-state index in [0.717, 1.165) is 6.42 Å². The van der Waals surface area contributed by atoms with E-state index in [1.807, 2.05) is 13.0 Å². The first-order valence-corrected chi connectivity index (χ1v) is 5.44. The van der Waals surface area contributed by atoms with Gasteiger partial charge in [-0.1, -0.05) is 13.0 Å². The molecule has 0 amide bonds. The second kappa shape index (κ2) is 8.03. The third-order valence-corrected chi connectivity index (χ3v) is 1.73. The maximum atomic E-state index is 9.84. The predicted octanol–water partition coefficient (Wildman–Crippen LogP) is 0.124. The quantitative estimate of drug-likeness (QED) is 0.576. The maximum Gasteiger partial charge on any atom is 0.267 e. The first-order valence-electron chi connectivity index (χ1n) is 3.83. The summed E-state index contributed by atoms with van der Waals surface area (Å²) in [5, 5.41) is 8.35. The smallest absolute Gasteiger partial charge is 0.267 e. The van der Waals surface area contributed by atoms with Gasteiger partial charge in [0.2, 0.25) is 0 Å². The third kappa shape index (κ3) is 24.6. The van der Waals surface area contributed by atoms with Gasteiger partial charge in [0.1, 0.15) is 5.75 Å². The molecular formula is C7H17NO4S. The molecule has 4 N–H and O–H groups in total. The first kappa shape index (κ1) is 14.9. The van der Waals surface area contributed by atoms with Gasteiger partial charge >= 0.3 is 0 Å². The van der Waals surface area contributed by atoms with E-state index in [0.29, 0.717) is 0 Å². The Morgan fingerprint density at radius 2 is 2.00 bits per heavy atom. The number of aliphatic hydroxyl groups excluding tert-OH is 1. The first-order chi connectivity index (χ1) is 5.83. The van der Waals surface area contributed by atoms with Crippen molar-refractivity contribution < 1.29 is 18.1 Å². The molecule has 1 unspecified atom stereocenters. The highest BCUT2D eigenvalue weighted by Crippen LogP contribution is 1.86. The lowest BCUT2D eigenvalue weighted by Crippen LogP contribution is -2.16. The summed E-state index contributed by atoms with van der Waals surface area (Å²) in [6.07, 6.45) is 3.50. The fourth-order valence-electron chi connectivity index (χ4n) is 0.441. The van der Waals surface area contributed by atoms with E-state index >= 15 is 0 Å². The number of aliphatic hydroxyl groups is 1. The van der Waals surface area contributed by atoms with Crippen LogP contribution < -0.4 is 5.73 Å². The highest BCUT2D eigenvalue weighted by Gasteiger charge is 2.07. The van der Waals surface area contributed by atoms with Gasteiger partial charge in [0.05, 0.1) is 6.10 Å². The summed E-state index contributed by atoms with van der Waals surface area (Å²) in [5.41, 5.74) is 4.96. The van der Waals surface area contributed by atoms with E-state index in [2.05, 4.69) is 0 Å². The van der Waals surface area contributed by atoms with Crippen molar-refractivity contribution in [2.45, 2.75) is 26.4 Å². The molecule has 1 atom stereocenters. The fourth-order valence-corrected chi connectivity index (χ4v) is 1.05. The summed E-state index contributed by atoms with van der Waals surface area (Å²) < 4.78 is 27.7. The van der Waals surface area contributed by atoms with Gasteiger partial charge in [0.15, 0.2) is 0 Å². The van der Waals surface area contributed by atoms with Crippen molar-refractivity contribution in [3.63, 3.8) is 0 Å². The number of allylic oxidation sites excluding steroid dienone is 1. The molecule has 0 aliphatic carbocycles. The Morgan fingerprint density at radius 3 is 2.00 bits per heavy atom. The summed E-state index contributed by atoms with van der Waals surface area (Å²) in [6, 6.07) is 0. The molecule has 0 fully saturated rings. The van der Waals surface area contributed by atoms with E-state index in [4.69, 9.17) is 15.4 Å². The lowest BCUT2D eigenvalue weighted by atomic mass is 10.5. The average molecular weight is 211 g/mol. The molecule has 0 bridgehead atoms. The predicted molar refractivity (Wildman–Crippen MR) is 51.7 cm³/mol. The normalized spacial score (nSPS) is 13.5. The molecule has 80 valence electrons. The van der Waals surface area contributed by atoms with Gasteiger partial charge in [-0.3, -0.25) is 4.55 Å². The minimum Gasteiger partial charge on any atom is -0.405 e. The molecule has 0 saturated heterocycles. The zero-order chi connectivity index (χ0) is 10.9. The number of hydrogen-bond donors (Lipinski definition) is 3. The van der Waals surface area contributed by atoms with Crippen LogP contribution >= 0.6 is 0 Å². The molecule has 0 aromatic rings. The second-order valence-corrected chi connectivity index (χ2v) is 3.93. The van der Waals surface area contributed by atoms with Crippen LogP contribution in [0, 0.1) is 0 Å². The Morgan fingerprint density at radius 1 is 1.54 bits per heavy atom. The monoisotopic (exact) mass is 211 g/mol. The lowest BCUT2D eigenvalue weighted by Gasteiger charge is -1.97. The molecule has 0 radical (unpaired) electrons. The molecule has 0 aliphatic rings. The molecule has 5 nitrogen and oxygen atoms in total. The average Bonchev–Trinajstić information content (AvgIpc) is 1.84. The van der Waals surface area contributed by atoms with Gasteiger partial charge in [-0.15, -0.1) is 0 Å². The lowest BCUT2D eigenvalue weighted by molar-refractivity contribution is 0.215. The molecule has 13 heavy (non-hydrogen) atoms. The third-order valence-electron chi connectivity index (χ3n) is 0.824. The van der Waals surface area contributed by atoms with E-state index < -0.39 is 22.0 Å². The highest BCUT2D eigenvalue weighted by molar-refractivity contribution is 7.85. The SMILES string of the molecule is CC(O)CS(=O)(=O)O.CCC=CN. The van der Waals surface area contributed by atoms with Crippen molar-refractivity contribution in [1.82, 2.24) is 0 Å². The molecular weight excluding hydrogens is 194 g/mol. The topological polar surface area (TPSA) is 101 Å². The standard InChI is InChI=1S/C4H9N.C3H8O4S/c1-2-3-4-5;1-3(4)2-8(5,6)7/h3-4H,2,5H2,1H3;3-4H,2H2,1H3,(H,5,6,7). The zero-order valence-electron chi connectivity index (χ0n) is 7.84. The van der Waals surface area contributed by atoms with Gasteiger partial charge in [0.25, 0.3) is 10.1 Å². The van der Waals surface area contributed by atoms with Crippen LogP contribution in [0.1, 0.15) is 20.3 Å². The molecule has 0 rings (SSSR count). The van der Waals surface area contributed by atoms with Crippen molar-refractivity contribution in [2.75, 3.05) is 5.75 Å². The molecule has 0 heterocycles. The van der Waals surface area contributed by atoms with E-state index in [1.54, 1.807) is 6.20 Å². The second-order valence-electron chi connectivity index (χ2n) is 2.43. The van der Waals surface area contributed by atoms with Crippen LogP contribution in [0.4, 0.5) is 0 Å². The zero-order valence-corrected chi connectivity index (χ0v) is 8.66. The minimum atomic E-state index is -3.97. The van der Waals surface area contributed by atoms with Crippen molar-refractivity contribution in [3.05, 3.63) is 12.3 Å². The van der Waals surface area contributed by atoms with E-state index in [1.165, 1.54) is 6.92 Å². The van der Waals surface area contributed by atoms with Crippen LogP contribution in [0.2, 0.25) is 0 Å². The largest absolute Gasteiger partial charge is 0.405 e. The highest BCUT2D eigenvalue weighted by atomic mass is 32.2.